The van der Waals surface area contributed by atoms with Crippen molar-refractivity contribution in [2.24, 2.45) is 0 Å². The highest BCUT2D eigenvalue weighted by Gasteiger charge is 2.04. The number of hydrogen-bond acceptors (Lipinski definition) is 2. The number of aryl methyl sites for hydroxylation is 2. The zero-order chi connectivity index (χ0) is 10.6. The Morgan fingerprint density at radius 1 is 1.57 bits per heavy atom. The average Bonchev–Trinajstić information content (AvgIpc) is 2.15. The Morgan fingerprint density at radius 2 is 2.29 bits per heavy atom. The third-order valence-corrected chi connectivity index (χ3v) is 1.99. The highest BCUT2D eigenvalue weighted by Crippen LogP contribution is 2.12. The van der Waals surface area contributed by atoms with Gasteiger partial charge >= 0.3 is 5.97 Å². The maximum atomic E-state index is 10.4. The molecule has 0 unspecified atom stereocenters. The summed E-state index contributed by atoms with van der Waals surface area (Å²) in [5.74, 6) is -0.838. The van der Waals surface area contributed by atoms with Crippen LogP contribution in [0.1, 0.15) is 23.1 Å². The van der Waals surface area contributed by atoms with Crippen LogP contribution in [0.3, 0.4) is 0 Å². The predicted molar refractivity (Wildman–Crippen MR) is 51.9 cm³/mol. The van der Waals surface area contributed by atoms with E-state index in [2.05, 4.69) is 6.07 Å². The van der Waals surface area contributed by atoms with Gasteiger partial charge in [-0.05, 0) is 30.5 Å². The van der Waals surface area contributed by atoms with E-state index >= 15 is 0 Å². The molecule has 14 heavy (non-hydrogen) atoms. The largest absolute Gasteiger partial charge is 0.481 e. The second-order valence-corrected chi connectivity index (χ2v) is 3.17. The molecule has 1 aromatic rings. The van der Waals surface area contributed by atoms with E-state index in [0.29, 0.717) is 12.0 Å². The third kappa shape index (κ3) is 2.60. The summed E-state index contributed by atoms with van der Waals surface area (Å²) in [6, 6.07) is 7.55. The fraction of sp³-hybridized carbons (Fsp3) is 0.273. The van der Waals surface area contributed by atoms with E-state index in [1.165, 1.54) is 0 Å². The lowest BCUT2D eigenvalue weighted by Gasteiger charge is -2.02. The molecule has 0 aliphatic rings. The Kier molecular flexibility index (Phi) is 3.24. The average molecular weight is 189 g/mol. The summed E-state index contributed by atoms with van der Waals surface area (Å²) >= 11 is 0. The van der Waals surface area contributed by atoms with Crippen LogP contribution in [0.25, 0.3) is 0 Å². The van der Waals surface area contributed by atoms with E-state index in [0.717, 1.165) is 11.1 Å². The van der Waals surface area contributed by atoms with Gasteiger partial charge in [-0.25, -0.2) is 0 Å². The van der Waals surface area contributed by atoms with Gasteiger partial charge in [-0.2, -0.15) is 5.26 Å². The van der Waals surface area contributed by atoms with E-state index in [1.807, 2.05) is 19.1 Å². The Morgan fingerprint density at radius 3 is 2.86 bits per heavy atom. The normalized spacial score (nSPS) is 9.43. The molecule has 0 aliphatic heterocycles. The molecule has 0 amide bonds. The first-order valence-electron chi connectivity index (χ1n) is 4.35. The highest BCUT2D eigenvalue weighted by atomic mass is 16.4. The van der Waals surface area contributed by atoms with Gasteiger partial charge in [-0.15, -0.1) is 0 Å². The zero-order valence-electron chi connectivity index (χ0n) is 7.95. The van der Waals surface area contributed by atoms with Gasteiger partial charge in [0.15, 0.2) is 0 Å². The van der Waals surface area contributed by atoms with Gasteiger partial charge in [-0.1, -0.05) is 12.1 Å². The van der Waals surface area contributed by atoms with Crippen molar-refractivity contribution in [1.82, 2.24) is 0 Å². The minimum Gasteiger partial charge on any atom is -0.481 e. The molecule has 1 aromatic carbocycles. The third-order valence-electron chi connectivity index (χ3n) is 1.99. The Bertz CT molecular complexity index is 391. The summed E-state index contributed by atoms with van der Waals surface area (Å²) < 4.78 is 0. The van der Waals surface area contributed by atoms with Gasteiger partial charge < -0.3 is 5.11 Å². The van der Waals surface area contributed by atoms with Crippen molar-refractivity contribution in [2.75, 3.05) is 0 Å². The number of carboxylic acid groups (broad SMARTS) is 1. The number of aliphatic carboxylic acids is 1. The Hall–Kier alpha value is -1.82. The van der Waals surface area contributed by atoms with Crippen LogP contribution in [-0.4, -0.2) is 11.1 Å². The second-order valence-electron chi connectivity index (χ2n) is 3.17. The Labute approximate surface area is 82.6 Å². The van der Waals surface area contributed by atoms with Crippen molar-refractivity contribution in [3.63, 3.8) is 0 Å². The number of hydrogen-bond donors (Lipinski definition) is 1. The van der Waals surface area contributed by atoms with Gasteiger partial charge in [0.25, 0.3) is 0 Å². The van der Waals surface area contributed by atoms with Gasteiger partial charge in [0, 0.05) is 6.42 Å². The van der Waals surface area contributed by atoms with Crippen LogP contribution in [0, 0.1) is 18.3 Å². The maximum absolute atomic E-state index is 10.4. The van der Waals surface area contributed by atoms with Crippen LogP contribution in [0.5, 0.6) is 0 Å². The van der Waals surface area contributed by atoms with E-state index in [1.54, 1.807) is 6.07 Å². The number of nitrogens with zero attached hydrogens (tertiary/aromatic N) is 1. The van der Waals surface area contributed by atoms with Crippen molar-refractivity contribution in [3.8, 4) is 6.07 Å². The lowest BCUT2D eigenvalue weighted by molar-refractivity contribution is -0.136. The van der Waals surface area contributed by atoms with Crippen LogP contribution in [0.4, 0.5) is 0 Å². The number of nitriles is 1. The Balaban J connectivity index is 2.87. The topological polar surface area (TPSA) is 61.1 Å². The SMILES string of the molecule is Cc1ccc(CCC(=O)O)c(C#N)c1. The van der Waals surface area contributed by atoms with Gasteiger partial charge in [0.05, 0.1) is 11.6 Å². The van der Waals surface area contributed by atoms with Crippen molar-refractivity contribution < 1.29 is 9.90 Å². The molecule has 0 radical (unpaired) electrons. The zero-order valence-corrected chi connectivity index (χ0v) is 7.95. The standard InChI is InChI=1S/C11H11NO2/c1-8-2-3-9(4-5-11(13)14)10(6-8)7-12/h2-3,6H,4-5H2,1H3,(H,13,14). The molecule has 3 heteroatoms. The summed E-state index contributed by atoms with van der Waals surface area (Å²) in [5, 5.41) is 17.3. The molecule has 0 heterocycles. The highest BCUT2D eigenvalue weighted by molar-refractivity contribution is 5.67. The summed E-state index contributed by atoms with van der Waals surface area (Å²) in [4.78, 5) is 10.4. The maximum Gasteiger partial charge on any atom is 0.303 e. The molecule has 0 fully saturated rings. The van der Waals surface area contributed by atoms with E-state index in [-0.39, 0.29) is 6.42 Å². The van der Waals surface area contributed by atoms with Crippen LogP contribution < -0.4 is 0 Å². The molecule has 0 aromatic heterocycles. The first kappa shape index (κ1) is 10.3. The molecular weight excluding hydrogens is 178 g/mol. The van der Waals surface area contributed by atoms with Crippen LogP contribution in [-0.2, 0) is 11.2 Å². The number of rotatable bonds is 3. The van der Waals surface area contributed by atoms with Gasteiger partial charge in [-0.3, -0.25) is 4.79 Å². The summed E-state index contributed by atoms with van der Waals surface area (Å²) in [7, 11) is 0. The molecule has 1 rings (SSSR count). The lowest BCUT2D eigenvalue weighted by Crippen LogP contribution is -1.99. The van der Waals surface area contributed by atoms with E-state index < -0.39 is 5.97 Å². The van der Waals surface area contributed by atoms with Crippen LogP contribution in [0.2, 0.25) is 0 Å². The molecule has 0 spiro atoms. The summed E-state index contributed by atoms with van der Waals surface area (Å²) in [6.45, 7) is 1.90. The predicted octanol–water partition coefficient (Wildman–Crippen LogP) is 1.88. The fourth-order valence-corrected chi connectivity index (χ4v) is 1.25. The van der Waals surface area contributed by atoms with Crippen molar-refractivity contribution in [3.05, 3.63) is 34.9 Å². The molecule has 0 saturated heterocycles. The van der Waals surface area contributed by atoms with Gasteiger partial charge in [0.2, 0.25) is 0 Å². The van der Waals surface area contributed by atoms with Crippen LogP contribution in [0.15, 0.2) is 18.2 Å². The summed E-state index contributed by atoms with van der Waals surface area (Å²) in [5.41, 5.74) is 2.40. The summed E-state index contributed by atoms with van der Waals surface area (Å²) in [6.07, 6.45) is 0.482. The van der Waals surface area contributed by atoms with E-state index in [9.17, 15) is 4.79 Å². The molecule has 72 valence electrons. The molecular formula is C11H11NO2. The van der Waals surface area contributed by atoms with Crippen LogP contribution >= 0.6 is 0 Å². The fourth-order valence-electron chi connectivity index (χ4n) is 1.25. The monoisotopic (exact) mass is 189 g/mol. The van der Waals surface area contributed by atoms with Crippen molar-refractivity contribution in [2.45, 2.75) is 19.8 Å². The number of carbonyl (C=O) groups is 1. The second kappa shape index (κ2) is 4.43. The van der Waals surface area contributed by atoms with Crippen molar-refractivity contribution in [1.29, 1.82) is 5.26 Å². The van der Waals surface area contributed by atoms with Gasteiger partial charge in [0.1, 0.15) is 0 Å². The molecule has 0 bridgehead atoms. The lowest BCUT2D eigenvalue weighted by atomic mass is 10.0. The minimum absolute atomic E-state index is 0.0672. The first-order chi connectivity index (χ1) is 6.63. The van der Waals surface area contributed by atoms with E-state index in [4.69, 9.17) is 10.4 Å². The number of carboxylic acids is 1. The molecule has 1 N–H and O–H groups in total. The molecule has 0 saturated carbocycles. The molecule has 3 nitrogen and oxygen atoms in total. The minimum atomic E-state index is -0.838. The number of benzene rings is 1. The quantitative estimate of drug-likeness (QED) is 0.789. The molecule has 0 atom stereocenters. The van der Waals surface area contributed by atoms with Crippen molar-refractivity contribution >= 4 is 5.97 Å². The first-order valence-corrected chi connectivity index (χ1v) is 4.35. The smallest absolute Gasteiger partial charge is 0.303 e. The molecule has 0 aliphatic carbocycles.